The Labute approximate surface area is 98.9 Å². The van der Waals surface area contributed by atoms with Gasteiger partial charge in [-0.05, 0) is 31.1 Å². The van der Waals surface area contributed by atoms with Gasteiger partial charge >= 0.3 is 0 Å². The van der Waals surface area contributed by atoms with Crippen LogP contribution in [0.15, 0.2) is 0 Å². The monoisotopic (exact) mass is 227 g/mol. The predicted octanol–water partition coefficient (Wildman–Crippen LogP) is 1.96. The molecule has 1 N–H and O–H groups in total. The number of hydrogen-bond acceptors (Lipinski definition) is 3. The van der Waals surface area contributed by atoms with E-state index in [0.717, 1.165) is 26.2 Å². The second kappa shape index (κ2) is 4.63. The van der Waals surface area contributed by atoms with Gasteiger partial charge in [0.05, 0.1) is 18.8 Å². The highest BCUT2D eigenvalue weighted by atomic mass is 16.5. The third-order valence-corrected chi connectivity index (χ3v) is 4.01. The molecule has 1 heterocycles. The standard InChI is InChI=1S/C13H25NO2/c1-12(2,10-15-3)9-11-13(5-4-6-13)16-8-7-14-11/h11,14H,4-10H2,1-3H3. The zero-order valence-electron chi connectivity index (χ0n) is 10.8. The maximum absolute atomic E-state index is 6.03. The minimum Gasteiger partial charge on any atom is -0.384 e. The third-order valence-electron chi connectivity index (χ3n) is 4.01. The third kappa shape index (κ3) is 2.41. The van der Waals surface area contributed by atoms with Crippen LogP contribution in [0.5, 0.6) is 0 Å². The van der Waals surface area contributed by atoms with Crippen LogP contribution < -0.4 is 5.32 Å². The molecule has 0 bridgehead atoms. The smallest absolute Gasteiger partial charge is 0.0835 e. The molecule has 1 atom stereocenters. The Morgan fingerprint density at radius 1 is 1.44 bits per heavy atom. The largest absolute Gasteiger partial charge is 0.384 e. The van der Waals surface area contributed by atoms with Crippen molar-refractivity contribution in [1.29, 1.82) is 0 Å². The first kappa shape index (κ1) is 12.3. The molecule has 1 saturated heterocycles. The summed E-state index contributed by atoms with van der Waals surface area (Å²) in [7, 11) is 1.78. The van der Waals surface area contributed by atoms with Crippen LogP contribution in [-0.2, 0) is 9.47 Å². The highest BCUT2D eigenvalue weighted by molar-refractivity contribution is 5.03. The van der Waals surface area contributed by atoms with Crippen LogP contribution in [0.25, 0.3) is 0 Å². The van der Waals surface area contributed by atoms with Crippen LogP contribution in [0.2, 0.25) is 0 Å². The SMILES string of the molecule is COCC(C)(C)CC1NCCOC12CCC2. The van der Waals surface area contributed by atoms with Gasteiger partial charge in [0.1, 0.15) is 0 Å². The molecule has 1 saturated carbocycles. The molecule has 1 spiro atoms. The van der Waals surface area contributed by atoms with Crippen molar-refractivity contribution in [1.82, 2.24) is 5.32 Å². The molecule has 2 aliphatic rings. The van der Waals surface area contributed by atoms with Crippen LogP contribution in [0, 0.1) is 5.41 Å². The van der Waals surface area contributed by atoms with E-state index in [1.165, 1.54) is 19.3 Å². The molecule has 94 valence electrons. The van der Waals surface area contributed by atoms with Crippen LogP contribution in [0.3, 0.4) is 0 Å². The molecule has 1 aliphatic carbocycles. The molecule has 0 aromatic carbocycles. The Morgan fingerprint density at radius 2 is 2.19 bits per heavy atom. The Hall–Kier alpha value is -0.120. The van der Waals surface area contributed by atoms with Gasteiger partial charge in [-0.2, -0.15) is 0 Å². The van der Waals surface area contributed by atoms with E-state index < -0.39 is 0 Å². The lowest BCUT2D eigenvalue weighted by Gasteiger charge is -2.52. The Bertz CT molecular complexity index is 236. The van der Waals surface area contributed by atoms with E-state index in [1.807, 2.05) is 0 Å². The second-order valence-corrected chi connectivity index (χ2v) is 6.07. The van der Waals surface area contributed by atoms with Crippen molar-refractivity contribution in [3.63, 3.8) is 0 Å². The summed E-state index contributed by atoms with van der Waals surface area (Å²) in [5.41, 5.74) is 0.388. The summed E-state index contributed by atoms with van der Waals surface area (Å²) in [5.74, 6) is 0. The van der Waals surface area contributed by atoms with Crippen molar-refractivity contribution >= 4 is 0 Å². The van der Waals surface area contributed by atoms with E-state index in [4.69, 9.17) is 9.47 Å². The van der Waals surface area contributed by atoms with Crippen LogP contribution in [0.1, 0.15) is 39.5 Å². The molecule has 0 aromatic heterocycles. The van der Waals surface area contributed by atoms with E-state index in [1.54, 1.807) is 7.11 Å². The lowest BCUT2D eigenvalue weighted by molar-refractivity contribution is -0.152. The summed E-state index contributed by atoms with van der Waals surface area (Å²) in [4.78, 5) is 0. The maximum atomic E-state index is 6.03. The fraction of sp³-hybridized carbons (Fsp3) is 1.00. The summed E-state index contributed by atoms with van der Waals surface area (Å²) in [6, 6.07) is 0.514. The van der Waals surface area contributed by atoms with Gasteiger partial charge in [-0.25, -0.2) is 0 Å². The zero-order valence-corrected chi connectivity index (χ0v) is 10.8. The molecule has 2 rings (SSSR count). The lowest BCUT2D eigenvalue weighted by Crippen LogP contribution is -2.62. The minimum absolute atomic E-state index is 0.156. The van der Waals surface area contributed by atoms with Crippen molar-refractivity contribution in [3.05, 3.63) is 0 Å². The van der Waals surface area contributed by atoms with E-state index in [9.17, 15) is 0 Å². The molecule has 0 radical (unpaired) electrons. The number of nitrogens with one attached hydrogen (secondary N) is 1. The number of hydrogen-bond donors (Lipinski definition) is 1. The fourth-order valence-electron chi connectivity index (χ4n) is 3.05. The van der Waals surface area contributed by atoms with Crippen LogP contribution in [0.4, 0.5) is 0 Å². The summed E-state index contributed by atoms with van der Waals surface area (Å²) in [5, 5.41) is 3.65. The molecule has 3 heteroatoms. The van der Waals surface area contributed by atoms with Crippen molar-refractivity contribution in [2.24, 2.45) is 5.41 Å². The summed E-state index contributed by atoms with van der Waals surface area (Å²) >= 11 is 0. The van der Waals surface area contributed by atoms with Crippen molar-refractivity contribution in [2.45, 2.75) is 51.2 Å². The molecular weight excluding hydrogens is 202 g/mol. The average molecular weight is 227 g/mol. The van der Waals surface area contributed by atoms with E-state index in [2.05, 4.69) is 19.2 Å². The minimum atomic E-state index is 0.156. The Morgan fingerprint density at radius 3 is 2.75 bits per heavy atom. The summed E-state index contributed by atoms with van der Waals surface area (Å²) in [6.45, 7) is 7.25. The number of morpholine rings is 1. The predicted molar refractivity (Wildman–Crippen MR) is 64.6 cm³/mol. The highest BCUT2D eigenvalue weighted by Crippen LogP contribution is 2.43. The quantitative estimate of drug-likeness (QED) is 0.796. The van der Waals surface area contributed by atoms with Gasteiger partial charge in [0.15, 0.2) is 0 Å². The first-order valence-corrected chi connectivity index (χ1v) is 6.44. The second-order valence-electron chi connectivity index (χ2n) is 6.07. The van der Waals surface area contributed by atoms with Crippen molar-refractivity contribution < 1.29 is 9.47 Å². The topological polar surface area (TPSA) is 30.5 Å². The Kier molecular flexibility index (Phi) is 3.57. The van der Waals surface area contributed by atoms with E-state index >= 15 is 0 Å². The van der Waals surface area contributed by atoms with Crippen molar-refractivity contribution in [2.75, 3.05) is 26.9 Å². The number of rotatable bonds is 4. The van der Waals surface area contributed by atoms with Gasteiger partial charge in [0, 0.05) is 19.7 Å². The summed E-state index contributed by atoms with van der Waals surface area (Å²) < 4.78 is 11.3. The van der Waals surface area contributed by atoms with Gasteiger partial charge < -0.3 is 14.8 Å². The molecule has 3 nitrogen and oxygen atoms in total. The zero-order chi connectivity index (χ0) is 11.6. The maximum Gasteiger partial charge on any atom is 0.0835 e. The van der Waals surface area contributed by atoms with Gasteiger partial charge in [0.2, 0.25) is 0 Å². The van der Waals surface area contributed by atoms with Crippen LogP contribution in [-0.4, -0.2) is 38.5 Å². The molecule has 1 aliphatic heterocycles. The van der Waals surface area contributed by atoms with E-state index in [0.29, 0.717) is 6.04 Å². The van der Waals surface area contributed by atoms with Crippen molar-refractivity contribution in [3.8, 4) is 0 Å². The van der Waals surface area contributed by atoms with E-state index in [-0.39, 0.29) is 11.0 Å². The summed E-state index contributed by atoms with van der Waals surface area (Å²) in [6.07, 6.45) is 4.92. The van der Waals surface area contributed by atoms with Gasteiger partial charge in [-0.3, -0.25) is 0 Å². The number of ether oxygens (including phenoxy) is 2. The Balaban J connectivity index is 1.96. The molecule has 1 unspecified atom stereocenters. The first-order chi connectivity index (χ1) is 7.58. The van der Waals surface area contributed by atoms with Gasteiger partial charge in [-0.1, -0.05) is 13.8 Å². The molecular formula is C13H25NO2. The highest BCUT2D eigenvalue weighted by Gasteiger charge is 2.48. The van der Waals surface area contributed by atoms with Gasteiger partial charge in [-0.15, -0.1) is 0 Å². The number of methoxy groups -OCH3 is 1. The van der Waals surface area contributed by atoms with Gasteiger partial charge in [0.25, 0.3) is 0 Å². The first-order valence-electron chi connectivity index (χ1n) is 6.44. The average Bonchev–Trinajstić information content (AvgIpc) is 2.15. The normalized spacial score (nSPS) is 29.1. The molecule has 2 fully saturated rings. The molecule has 0 amide bonds. The molecule has 16 heavy (non-hydrogen) atoms. The van der Waals surface area contributed by atoms with Crippen LogP contribution >= 0.6 is 0 Å². The fourth-order valence-corrected chi connectivity index (χ4v) is 3.05. The lowest BCUT2D eigenvalue weighted by atomic mass is 9.69. The molecule has 0 aromatic rings.